The van der Waals surface area contributed by atoms with Gasteiger partial charge >= 0.3 is 0 Å². The van der Waals surface area contributed by atoms with Crippen molar-refractivity contribution in [3.8, 4) is 5.75 Å². The van der Waals surface area contributed by atoms with E-state index in [9.17, 15) is 9.18 Å². The van der Waals surface area contributed by atoms with Crippen molar-refractivity contribution in [1.82, 2.24) is 10.3 Å². The normalized spacial score (nSPS) is 9.57. The highest BCUT2D eigenvalue weighted by molar-refractivity contribution is 5.75. The van der Waals surface area contributed by atoms with Crippen LogP contribution in [0.1, 0.15) is 6.42 Å². The summed E-state index contributed by atoms with van der Waals surface area (Å²) in [6.07, 6.45) is 1.53. The zero-order valence-electron chi connectivity index (χ0n) is 7.79. The molecule has 0 saturated heterocycles. The summed E-state index contributed by atoms with van der Waals surface area (Å²) >= 11 is 0. The van der Waals surface area contributed by atoms with Crippen molar-refractivity contribution in [2.75, 3.05) is 13.7 Å². The first kappa shape index (κ1) is 10.4. The third-order valence-corrected chi connectivity index (χ3v) is 1.59. The van der Waals surface area contributed by atoms with Gasteiger partial charge in [-0.2, -0.15) is 4.39 Å². The number of hydrogen-bond acceptors (Lipinski definition) is 3. The minimum atomic E-state index is -0.663. The van der Waals surface area contributed by atoms with Gasteiger partial charge in [-0.3, -0.25) is 4.79 Å². The largest absolute Gasteiger partial charge is 0.488 e. The lowest BCUT2D eigenvalue weighted by molar-refractivity contribution is -0.121. The Labute approximate surface area is 81.1 Å². The van der Waals surface area contributed by atoms with E-state index in [1.54, 1.807) is 6.07 Å². The third-order valence-electron chi connectivity index (χ3n) is 1.59. The van der Waals surface area contributed by atoms with E-state index in [0.717, 1.165) is 0 Å². The summed E-state index contributed by atoms with van der Waals surface area (Å²) in [5.74, 6) is -0.741. The number of pyridine rings is 1. The number of halogens is 1. The molecular formula is C9H11FN2O2. The van der Waals surface area contributed by atoms with Crippen LogP contribution in [0.3, 0.4) is 0 Å². The van der Waals surface area contributed by atoms with Crippen molar-refractivity contribution in [2.24, 2.45) is 0 Å². The molecule has 0 aromatic carbocycles. The van der Waals surface area contributed by atoms with Gasteiger partial charge in [-0.15, -0.1) is 0 Å². The van der Waals surface area contributed by atoms with E-state index in [-0.39, 0.29) is 24.7 Å². The monoisotopic (exact) mass is 198 g/mol. The number of aromatic nitrogens is 1. The maximum Gasteiger partial charge on any atom is 0.255 e. The summed E-state index contributed by atoms with van der Waals surface area (Å²) in [6.45, 7) is 0.141. The lowest BCUT2D eigenvalue weighted by Crippen LogP contribution is -2.20. The van der Waals surface area contributed by atoms with Crippen LogP contribution in [0, 0.1) is 5.95 Å². The van der Waals surface area contributed by atoms with E-state index in [2.05, 4.69) is 10.3 Å². The van der Waals surface area contributed by atoms with Crippen LogP contribution in [0.2, 0.25) is 0 Å². The molecule has 0 bridgehead atoms. The Morgan fingerprint density at radius 1 is 1.71 bits per heavy atom. The molecule has 0 aliphatic heterocycles. The fourth-order valence-electron chi connectivity index (χ4n) is 0.858. The topological polar surface area (TPSA) is 51.2 Å². The smallest absolute Gasteiger partial charge is 0.255 e. The van der Waals surface area contributed by atoms with Crippen LogP contribution in [0.15, 0.2) is 18.3 Å². The van der Waals surface area contributed by atoms with Crippen LogP contribution in [0.25, 0.3) is 0 Å². The van der Waals surface area contributed by atoms with Crippen molar-refractivity contribution in [3.05, 3.63) is 24.3 Å². The van der Waals surface area contributed by atoms with Crippen LogP contribution in [-0.2, 0) is 4.79 Å². The van der Waals surface area contributed by atoms with E-state index in [1.807, 2.05) is 0 Å². The molecule has 0 aliphatic carbocycles. The third kappa shape index (κ3) is 3.01. The van der Waals surface area contributed by atoms with Gasteiger partial charge in [0, 0.05) is 13.2 Å². The molecule has 1 aromatic rings. The van der Waals surface area contributed by atoms with E-state index >= 15 is 0 Å². The summed E-state index contributed by atoms with van der Waals surface area (Å²) in [7, 11) is 1.53. The number of rotatable bonds is 4. The van der Waals surface area contributed by atoms with Crippen LogP contribution < -0.4 is 10.1 Å². The summed E-state index contributed by atoms with van der Waals surface area (Å²) in [5.41, 5.74) is 0. The number of hydrogen-bond donors (Lipinski definition) is 1. The molecule has 0 fully saturated rings. The minimum absolute atomic E-state index is 0.0661. The molecule has 1 N–H and O–H groups in total. The van der Waals surface area contributed by atoms with Gasteiger partial charge in [0.1, 0.15) is 0 Å². The molecule has 0 spiro atoms. The summed E-state index contributed by atoms with van der Waals surface area (Å²) in [5, 5.41) is 2.44. The molecule has 14 heavy (non-hydrogen) atoms. The number of carbonyl (C=O) groups is 1. The van der Waals surface area contributed by atoms with Gasteiger partial charge in [0.05, 0.1) is 13.0 Å². The van der Waals surface area contributed by atoms with Crippen LogP contribution in [-0.4, -0.2) is 24.5 Å². The van der Waals surface area contributed by atoms with E-state index in [0.29, 0.717) is 0 Å². The Balaban J connectivity index is 2.39. The Hall–Kier alpha value is -1.65. The molecule has 0 atom stereocenters. The summed E-state index contributed by atoms with van der Waals surface area (Å²) in [6, 6.07) is 3.03. The molecule has 76 valence electrons. The maximum absolute atomic E-state index is 12.9. The second kappa shape index (κ2) is 5.16. The van der Waals surface area contributed by atoms with Gasteiger partial charge in [0.2, 0.25) is 5.91 Å². The molecule has 0 radical (unpaired) electrons. The molecule has 0 aliphatic rings. The fourth-order valence-corrected chi connectivity index (χ4v) is 0.858. The van der Waals surface area contributed by atoms with Gasteiger partial charge < -0.3 is 10.1 Å². The van der Waals surface area contributed by atoms with E-state index in [1.165, 1.54) is 19.3 Å². The zero-order valence-corrected chi connectivity index (χ0v) is 7.79. The molecule has 1 aromatic heterocycles. The highest BCUT2D eigenvalue weighted by Gasteiger charge is 2.03. The van der Waals surface area contributed by atoms with Crippen molar-refractivity contribution < 1.29 is 13.9 Å². The number of nitrogens with zero attached hydrogens (tertiary/aromatic N) is 1. The first-order valence-corrected chi connectivity index (χ1v) is 4.18. The van der Waals surface area contributed by atoms with Crippen LogP contribution >= 0.6 is 0 Å². The molecule has 1 heterocycles. The lowest BCUT2D eigenvalue weighted by atomic mass is 10.4. The van der Waals surface area contributed by atoms with E-state index < -0.39 is 5.95 Å². The molecule has 4 nitrogen and oxygen atoms in total. The standard InChI is InChI=1S/C9H11FN2O2/c1-11-8(13)4-6-14-7-3-2-5-12-9(7)10/h2-3,5H,4,6H2,1H3,(H,11,13). The molecule has 1 amide bonds. The number of carbonyl (C=O) groups excluding carboxylic acids is 1. The Bertz CT molecular complexity index is 317. The first-order chi connectivity index (χ1) is 6.74. The second-order valence-corrected chi connectivity index (χ2v) is 2.56. The average Bonchev–Trinajstić information content (AvgIpc) is 2.20. The number of nitrogens with one attached hydrogen (secondary N) is 1. The average molecular weight is 198 g/mol. The van der Waals surface area contributed by atoms with Gasteiger partial charge in [-0.1, -0.05) is 0 Å². The Morgan fingerprint density at radius 3 is 3.14 bits per heavy atom. The van der Waals surface area contributed by atoms with E-state index in [4.69, 9.17) is 4.74 Å². The molecule has 0 unspecified atom stereocenters. The predicted molar refractivity (Wildman–Crippen MR) is 48.4 cm³/mol. The van der Waals surface area contributed by atoms with Gasteiger partial charge in [-0.25, -0.2) is 4.98 Å². The molecule has 0 saturated carbocycles. The number of amides is 1. The van der Waals surface area contributed by atoms with Gasteiger partial charge in [0.25, 0.3) is 5.95 Å². The fraction of sp³-hybridized carbons (Fsp3) is 0.333. The molecule has 5 heteroatoms. The van der Waals surface area contributed by atoms with Crippen LogP contribution in [0.4, 0.5) is 4.39 Å². The van der Waals surface area contributed by atoms with Crippen molar-refractivity contribution in [2.45, 2.75) is 6.42 Å². The van der Waals surface area contributed by atoms with Crippen LogP contribution in [0.5, 0.6) is 5.75 Å². The van der Waals surface area contributed by atoms with Gasteiger partial charge in [-0.05, 0) is 12.1 Å². The SMILES string of the molecule is CNC(=O)CCOc1cccnc1F. The minimum Gasteiger partial charge on any atom is -0.488 e. The Morgan fingerprint density at radius 2 is 2.50 bits per heavy atom. The summed E-state index contributed by atoms with van der Waals surface area (Å²) < 4.78 is 17.9. The molecular weight excluding hydrogens is 187 g/mol. The predicted octanol–water partition coefficient (Wildman–Crippen LogP) is 0.736. The van der Waals surface area contributed by atoms with Crippen molar-refractivity contribution in [3.63, 3.8) is 0 Å². The second-order valence-electron chi connectivity index (χ2n) is 2.56. The quantitative estimate of drug-likeness (QED) is 0.726. The first-order valence-electron chi connectivity index (χ1n) is 4.18. The maximum atomic E-state index is 12.9. The van der Waals surface area contributed by atoms with Crippen molar-refractivity contribution in [1.29, 1.82) is 0 Å². The molecule has 1 rings (SSSR count). The highest BCUT2D eigenvalue weighted by Crippen LogP contribution is 2.12. The van der Waals surface area contributed by atoms with Gasteiger partial charge in [0.15, 0.2) is 5.75 Å². The number of ether oxygens (including phenoxy) is 1. The zero-order chi connectivity index (χ0) is 10.4. The van der Waals surface area contributed by atoms with Crippen molar-refractivity contribution >= 4 is 5.91 Å². The highest BCUT2D eigenvalue weighted by atomic mass is 19.1. The Kier molecular flexibility index (Phi) is 3.84. The lowest BCUT2D eigenvalue weighted by Gasteiger charge is -2.04. The summed E-state index contributed by atoms with van der Waals surface area (Å²) in [4.78, 5) is 14.2.